The summed E-state index contributed by atoms with van der Waals surface area (Å²) in [5.41, 5.74) is 0.831. The van der Waals surface area contributed by atoms with Crippen molar-refractivity contribution in [2.24, 2.45) is 0 Å². The van der Waals surface area contributed by atoms with E-state index in [4.69, 9.17) is 9.47 Å². The number of ether oxygens (including phenoxy) is 2. The van der Waals surface area contributed by atoms with Gasteiger partial charge in [0.1, 0.15) is 0 Å². The van der Waals surface area contributed by atoms with E-state index in [2.05, 4.69) is 0 Å². The number of hydrogen-bond acceptors (Lipinski definition) is 4. The minimum atomic E-state index is -3.14. The average molecular weight is 242 g/mol. The monoisotopic (exact) mass is 242 g/mol. The van der Waals surface area contributed by atoms with Crippen LogP contribution in [0, 0.1) is 0 Å². The summed E-state index contributed by atoms with van der Waals surface area (Å²) in [6.45, 7) is 2.95. The van der Waals surface area contributed by atoms with Crippen molar-refractivity contribution in [1.29, 1.82) is 0 Å². The summed E-state index contributed by atoms with van der Waals surface area (Å²) in [7, 11) is -3.14. The van der Waals surface area contributed by atoms with Gasteiger partial charge in [0.2, 0.25) is 0 Å². The third kappa shape index (κ3) is 2.11. The topological polar surface area (TPSA) is 52.6 Å². The first-order chi connectivity index (χ1) is 7.42. The molecule has 0 bridgehead atoms. The van der Waals surface area contributed by atoms with Crippen LogP contribution in [0.2, 0.25) is 0 Å². The van der Waals surface area contributed by atoms with Crippen LogP contribution < -0.4 is 0 Å². The van der Waals surface area contributed by atoms with Crippen LogP contribution in [0.1, 0.15) is 12.5 Å². The predicted molar refractivity (Wildman–Crippen MR) is 58.8 cm³/mol. The minimum absolute atomic E-state index is 0.304. The molecule has 0 aromatic heterocycles. The zero-order chi connectivity index (χ0) is 11.8. The Kier molecular flexibility index (Phi) is 2.77. The fourth-order valence-corrected chi connectivity index (χ4v) is 2.32. The molecule has 2 rings (SSSR count). The molecule has 1 aliphatic heterocycles. The van der Waals surface area contributed by atoms with Crippen LogP contribution in [0.25, 0.3) is 0 Å². The van der Waals surface area contributed by atoms with E-state index in [9.17, 15) is 8.42 Å². The Balaban J connectivity index is 2.33. The van der Waals surface area contributed by atoms with Crippen LogP contribution in [0.4, 0.5) is 0 Å². The summed E-state index contributed by atoms with van der Waals surface area (Å²) in [4.78, 5) is 0.304. The molecule has 0 spiro atoms. The van der Waals surface area contributed by atoms with Crippen LogP contribution in [0.3, 0.4) is 0 Å². The molecular formula is C11H14O4S. The maximum absolute atomic E-state index is 11.3. The molecule has 1 fully saturated rings. The normalized spacial score (nSPS) is 19.9. The van der Waals surface area contributed by atoms with Crippen LogP contribution >= 0.6 is 0 Å². The molecule has 5 heteroatoms. The fourth-order valence-electron chi connectivity index (χ4n) is 1.69. The van der Waals surface area contributed by atoms with Gasteiger partial charge in [-0.2, -0.15) is 0 Å². The zero-order valence-corrected chi connectivity index (χ0v) is 10.1. The van der Waals surface area contributed by atoms with Crippen molar-refractivity contribution in [2.75, 3.05) is 19.5 Å². The highest BCUT2D eigenvalue weighted by Crippen LogP contribution is 2.31. The van der Waals surface area contributed by atoms with Crippen molar-refractivity contribution in [3.05, 3.63) is 29.8 Å². The van der Waals surface area contributed by atoms with Gasteiger partial charge in [-0.25, -0.2) is 8.42 Å². The van der Waals surface area contributed by atoms with Gasteiger partial charge >= 0.3 is 0 Å². The molecule has 1 aliphatic rings. The smallest absolute Gasteiger partial charge is 0.192 e. The molecule has 16 heavy (non-hydrogen) atoms. The molecule has 0 N–H and O–H groups in total. The van der Waals surface area contributed by atoms with Gasteiger partial charge in [0.15, 0.2) is 15.6 Å². The lowest BCUT2D eigenvalue weighted by molar-refractivity contribution is -0.149. The summed E-state index contributed by atoms with van der Waals surface area (Å²) < 4.78 is 33.5. The lowest BCUT2D eigenvalue weighted by Crippen LogP contribution is -2.22. The van der Waals surface area contributed by atoms with Crippen molar-refractivity contribution < 1.29 is 17.9 Å². The van der Waals surface area contributed by atoms with Gasteiger partial charge in [-0.15, -0.1) is 0 Å². The van der Waals surface area contributed by atoms with E-state index >= 15 is 0 Å². The van der Waals surface area contributed by atoms with Crippen molar-refractivity contribution in [3.8, 4) is 0 Å². The minimum Gasteiger partial charge on any atom is -0.344 e. The maximum Gasteiger partial charge on any atom is 0.192 e. The van der Waals surface area contributed by atoms with Gasteiger partial charge in [0.05, 0.1) is 18.1 Å². The second kappa shape index (κ2) is 3.84. The Morgan fingerprint density at radius 3 is 2.06 bits per heavy atom. The zero-order valence-electron chi connectivity index (χ0n) is 9.26. The SMILES string of the molecule is CC1(c2ccc(S(C)(=O)=O)cc2)OCCO1. The molecule has 0 atom stereocenters. The van der Waals surface area contributed by atoms with Gasteiger partial charge in [-0.1, -0.05) is 12.1 Å². The molecule has 0 aliphatic carbocycles. The number of rotatable bonds is 2. The average Bonchev–Trinajstić information content (AvgIpc) is 2.66. The Hall–Kier alpha value is -0.910. The van der Waals surface area contributed by atoms with Gasteiger partial charge in [0.25, 0.3) is 0 Å². The van der Waals surface area contributed by atoms with E-state index < -0.39 is 15.6 Å². The summed E-state index contributed by atoms with van der Waals surface area (Å²) in [6, 6.07) is 6.59. The molecule has 1 heterocycles. The molecule has 0 saturated carbocycles. The number of sulfone groups is 1. The van der Waals surface area contributed by atoms with E-state index in [1.807, 2.05) is 6.92 Å². The highest BCUT2D eigenvalue weighted by atomic mass is 32.2. The van der Waals surface area contributed by atoms with Gasteiger partial charge in [-0.05, 0) is 19.1 Å². The number of hydrogen-bond donors (Lipinski definition) is 0. The molecule has 0 unspecified atom stereocenters. The van der Waals surface area contributed by atoms with Gasteiger partial charge in [0, 0.05) is 11.8 Å². The van der Waals surface area contributed by atoms with E-state index in [1.54, 1.807) is 24.3 Å². The Labute approximate surface area is 95.1 Å². The third-order valence-corrected chi connectivity index (χ3v) is 3.77. The molecule has 1 aromatic carbocycles. The molecule has 88 valence electrons. The van der Waals surface area contributed by atoms with E-state index in [1.165, 1.54) is 6.26 Å². The Morgan fingerprint density at radius 1 is 1.12 bits per heavy atom. The van der Waals surface area contributed by atoms with Crippen LogP contribution in [-0.2, 0) is 25.1 Å². The Morgan fingerprint density at radius 2 is 1.62 bits per heavy atom. The second-order valence-electron chi connectivity index (χ2n) is 3.94. The van der Waals surface area contributed by atoms with Crippen molar-refractivity contribution in [1.82, 2.24) is 0 Å². The van der Waals surface area contributed by atoms with Crippen LogP contribution in [0.15, 0.2) is 29.2 Å². The first-order valence-corrected chi connectivity index (χ1v) is 6.89. The van der Waals surface area contributed by atoms with E-state index in [-0.39, 0.29) is 0 Å². The maximum atomic E-state index is 11.3. The van der Waals surface area contributed by atoms with Gasteiger partial charge < -0.3 is 9.47 Å². The van der Waals surface area contributed by atoms with Crippen LogP contribution in [0.5, 0.6) is 0 Å². The van der Waals surface area contributed by atoms with Crippen molar-refractivity contribution in [2.45, 2.75) is 17.6 Å². The summed E-state index contributed by atoms with van der Waals surface area (Å²) in [5, 5.41) is 0. The van der Waals surface area contributed by atoms with Crippen molar-refractivity contribution >= 4 is 9.84 Å². The molecule has 1 aromatic rings. The highest BCUT2D eigenvalue weighted by molar-refractivity contribution is 7.90. The predicted octanol–water partition coefficient (Wildman–Crippen LogP) is 1.31. The second-order valence-corrected chi connectivity index (χ2v) is 5.95. The first kappa shape index (κ1) is 11.6. The summed E-state index contributed by atoms with van der Waals surface area (Å²) >= 11 is 0. The molecule has 0 amide bonds. The summed E-state index contributed by atoms with van der Waals surface area (Å²) in [6.07, 6.45) is 1.19. The third-order valence-electron chi connectivity index (χ3n) is 2.65. The molecule has 1 saturated heterocycles. The molecule has 0 radical (unpaired) electrons. The highest BCUT2D eigenvalue weighted by Gasteiger charge is 2.33. The van der Waals surface area contributed by atoms with Gasteiger partial charge in [-0.3, -0.25) is 0 Å². The van der Waals surface area contributed by atoms with E-state index in [0.29, 0.717) is 18.1 Å². The molecular weight excluding hydrogens is 228 g/mol. The number of benzene rings is 1. The molecule has 4 nitrogen and oxygen atoms in total. The summed E-state index contributed by atoms with van der Waals surface area (Å²) in [5.74, 6) is -0.740. The quantitative estimate of drug-likeness (QED) is 0.784. The Bertz CT molecular complexity index is 469. The first-order valence-electron chi connectivity index (χ1n) is 5.00. The fraction of sp³-hybridized carbons (Fsp3) is 0.455. The van der Waals surface area contributed by atoms with Crippen LogP contribution in [-0.4, -0.2) is 27.9 Å². The lowest BCUT2D eigenvalue weighted by atomic mass is 10.1. The lowest BCUT2D eigenvalue weighted by Gasteiger charge is -2.22. The standard InChI is InChI=1S/C11H14O4S/c1-11(14-7-8-15-11)9-3-5-10(6-4-9)16(2,12)13/h3-6H,7-8H2,1-2H3. The largest absolute Gasteiger partial charge is 0.344 e. The van der Waals surface area contributed by atoms with E-state index in [0.717, 1.165) is 5.56 Å². The van der Waals surface area contributed by atoms with Crippen molar-refractivity contribution in [3.63, 3.8) is 0 Å².